The highest BCUT2D eigenvalue weighted by Crippen LogP contribution is 2.54. The van der Waals surface area contributed by atoms with Crippen LogP contribution in [0, 0.1) is 11.8 Å². The van der Waals surface area contributed by atoms with Gasteiger partial charge in [-0.25, -0.2) is 0 Å². The van der Waals surface area contributed by atoms with Crippen molar-refractivity contribution in [2.45, 2.75) is 50.7 Å². The first kappa shape index (κ1) is 18.6. The monoisotopic (exact) mass is 419 g/mol. The third kappa shape index (κ3) is 2.71. The Kier molecular flexibility index (Phi) is 4.21. The van der Waals surface area contributed by atoms with Crippen molar-refractivity contribution in [3.05, 3.63) is 102 Å². The Labute approximate surface area is 190 Å². The van der Waals surface area contributed by atoms with Gasteiger partial charge in [0.2, 0.25) is 0 Å². The molecule has 32 heavy (non-hydrogen) atoms. The summed E-state index contributed by atoms with van der Waals surface area (Å²) in [6.45, 7) is 0. The highest BCUT2D eigenvalue weighted by molar-refractivity contribution is 5.69. The zero-order chi connectivity index (χ0) is 21.1. The van der Waals surface area contributed by atoms with Gasteiger partial charge in [0.15, 0.2) is 0 Å². The van der Waals surface area contributed by atoms with E-state index in [1.807, 2.05) is 0 Å². The molecule has 0 N–H and O–H groups in total. The number of hydrogen-bond acceptors (Lipinski definition) is 2. The largest absolute Gasteiger partial charge is 0.493 e. The summed E-state index contributed by atoms with van der Waals surface area (Å²) in [6, 6.07) is 20.2. The highest BCUT2D eigenvalue weighted by atomic mass is 16.5. The molecule has 0 saturated carbocycles. The number of allylic oxidation sites excluding steroid dienone is 3. The van der Waals surface area contributed by atoms with E-state index in [4.69, 9.17) is 4.74 Å². The van der Waals surface area contributed by atoms with E-state index >= 15 is 0 Å². The Hall–Kier alpha value is -3.00. The van der Waals surface area contributed by atoms with Crippen LogP contribution in [0.5, 0.6) is 0 Å². The standard InChI is InChI=1S/C30H29NO/c1-2-8-20(9-3-1)21-14-16-22(17-15-21)31-26-12-6-4-11-25(26)29-27(31)19-18-24-23-10-5-7-13-28(23)32-30(24)29/h1-3,5,8-10,14-19,23,27-29H,4,6-7,11-13H2. The molecule has 160 valence electrons. The Morgan fingerprint density at radius 1 is 0.844 bits per heavy atom. The molecule has 4 atom stereocenters. The van der Waals surface area contributed by atoms with Gasteiger partial charge in [-0.1, -0.05) is 66.8 Å². The Morgan fingerprint density at radius 2 is 1.66 bits per heavy atom. The van der Waals surface area contributed by atoms with Crippen molar-refractivity contribution in [2.24, 2.45) is 11.8 Å². The van der Waals surface area contributed by atoms with Crippen LogP contribution in [0.2, 0.25) is 0 Å². The molecule has 3 aliphatic carbocycles. The van der Waals surface area contributed by atoms with E-state index < -0.39 is 0 Å². The van der Waals surface area contributed by atoms with Gasteiger partial charge >= 0.3 is 0 Å². The van der Waals surface area contributed by atoms with Gasteiger partial charge in [-0.2, -0.15) is 0 Å². The zero-order valence-electron chi connectivity index (χ0n) is 18.4. The topological polar surface area (TPSA) is 12.5 Å². The van der Waals surface area contributed by atoms with Gasteiger partial charge in [0.05, 0.1) is 12.0 Å². The van der Waals surface area contributed by atoms with Crippen molar-refractivity contribution in [3.63, 3.8) is 0 Å². The van der Waals surface area contributed by atoms with Crippen molar-refractivity contribution in [1.29, 1.82) is 0 Å². The van der Waals surface area contributed by atoms with E-state index in [0.29, 0.717) is 24.0 Å². The van der Waals surface area contributed by atoms with Gasteiger partial charge in [-0.05, 0) is 67.4 Å². The maximum Gasteiger partial charge on any atom is 0.110 e. The van der Waals surface area contributed by atoms with Crippen LogP contribution in [0.4, 0.5) is 5.69 Å². The molecule has 7 rings (SSSR count). The molecule has 5 aliphatic rings. The smallest absolute Gasteiger partial charge is 0.110 e. The van der Waals surface area contributed by atoms with Crippen LogP contribution in [-0.2, 0) is 4.74 Å². The summed E-state index contributed by atoms with van der Waals surface area (Å²) in [5.74, 6) is 2.15. The summed E-state index contributed by atoms with van der Waals surface area (Å²) < 4.78 is 6.71. The lowest BCUT2D eigenvalue weighted by Crippen LogP contribution is -2.35. The maximum atomic E-state index is 6.71. The van der Waals surface area contributed by atoms with Gasteiger partial charge in [0, 0.05) is 22.9 Å². The fourth-order valence-corrected chi connectivity index (χ4v) is 6.63. The third-order valence-electron chi connectivity index (χ3n) is 8.08. The van der Waals surface area contributed by atoms with Crippen LogP contribution in [0.25, 0.3) is 11.1 Å². The molecule has 0 fully saturated rings. The van der Waals surface area contributed by atoms with Crippen LogP contribution >= 0.6 is 0 Å². The molecule has 0 spiro atoms. The van der Waals surface area contributed by atoms with Gasteiger partial charge in [0.1, 0.15) is 11.9 Å². The molecule has 2 aliphatic heterocycles. The lowest BCUT2D eigenvalue weighted by molar-refractivity contribution is 0.0975. The molecular weight excluding hydrogens is 390 g/mol. The fraction of sp³-hybridized carbons (Fsp3) is 0.333. The predicted octanol–water partition coefficient (Wildman–Crippen LogP) is 7.18. The molecule has 2 aromatic carbocycles. The Morgan fingerprint density at radius 3 is 2.53 bits per heavy atom. The molecule has 2 aromatic rings. The SMILES string of the molecule is C1=CC2C3=C(OC2CC1)C1C2=C(CCCC2)N(c2ccc(-c4ccccc4)cc2)C1C=C3. The average molecular weight is 420 g/mol. The highest BCUT2D eigenvalue weighted by Gasteiger charge is 2.49. The average Bonchev–Trinajstić information content (AvgIpc) is 3.40. The normalized spacial score (nSPS) is 30.1. The lowest BCUT2D eigenvalue weighted by atomic mass is 9.79. The van der Waals surface area contributed by atoms with Crippen LogP contribution in [-0.4, -0.2) is 12.1 Å². The molecule has 0 saturated heterocycles. The minimum absolute atomic E-state index is 0.347. The van der Waals surface area contributed by atoms with Crippen molar-refractivity contribution in [2.75, 3.05) is 4.90 Å². The van der Waals surface area contributed by atoms with Crippen molar-refractivity contribution < 1.29 is 4.74 Å². The van der Waals surface area contributed by atoms with E-state index in [2.05, 4.69) is 83.8 Å². The fourth-order valence-electron chi connectivity index (χ4n) is 6.63. The quantitative estimate of drug-likeness (QED) is 0.478. The zero-order valence-corrected chi connectivity index (χ0v) is 18.4. The van der Waals surface area contributed by atoms with Gasteiger partial charge in [-0.3, -0.25) is 0 Å². The molecule has 4 unspecified atom stereocenters. The van der Waals surface area contributed by atoms with E-state index in [1.54, 1.807) is 11.3 Å². The molecule has 0 aromatic heterocycles. The minimum atomic E-state index is 0.347. The van der Waals surface area contributed by atoms with E-state index in [0.717, 1.165) is 12.8 Å². The first-order valence-corrected chi connectivity index (χ1v) is 12.3. The van der Waals surface area contributed by atoms with E-state index in [1.165, 1.54) is 53.8 Å². The molecule has 2 heteroatoms. The van der Waals surface area contributed by atoms with Crippen LogP contribution in [0.15, 0.2) is 102 Å². The van der Waals surface area contributed by atoms with E-state index in [9.17, 15) is 0 Å². The second kappa shape index (κ2) is 7.27. The second-order valence-electron chi connectivity index (χ2n) is 9.80. The number of nitrogens with zero attached hydrogens (tertiary/aromatic N) is 1. The molecule has 0 radical (unpaired) electrons. The summed E-state index contributed by atoms with van der Waals surface area (Å²) >= 11 is 0. The first-order chi connectivity index (χ1) is 15.9. The number of benzene rings is 2. The van der Waals surface area contributed by atoms with Crippen molar-refractivity contribution in [1.82, 2.24) is 0 Å². The van der Waals surface area contributed by atoms with Gasteiger partial charge in [0.25, 0.3) is 0 Å². The number of hydrogen-bond donors (Lipinski definition) is 0. The lowest BCUT2D eigenvalue weighted by Gasteiger charge is -2.33. The maximum absolute atomic E-state index is 6.71. The number of anilines is 1. The molecule has 2 heterocycles. The molecule has 0 amide bonds. The Bertz CT molecular complexity index is 1170. The molecule has 2 nitrogen and oxygen atoms in total. The number of fused-ring (bicyclic) bond motifs is 5. The predicted molar refractivity (Wildman–Crippen MR) is 130 cm³/mol. The van der Waals surface area contributed by atoms with Crippen LogP contribution in [0.1, 0.15) is 38.5 Å². The van der Waals surface area contributed by atoms with Crippen molar-refractivity contribution in [3.8, 4) is 11.1 Å². The number of rotatable bonds is 2. The van der Waals surface area contributed by atoms with Gasteiger partial charge in [-0.15, -0.1) is 0 Å². The van der Waals surface area contributed by atoms with Crippen LogP contribution in [0.3, 0.4) is 0 Å². The summed E-state index contributed by atoms with van der Waals surface area (Å²) in [5.41, 5.74) is 8.53. The number of ether oxygens (including phenoxy) is 1. The van der Waals surface area contributed by atoms with Crippen LogP contribution < -0.4 is 4.90 Å². The summed E-state index contributed by atoms with van der Waals surface area (Å²) in [4.78, 5) is 2.63. The van der Waals surface area contributed by atoms with E-state index in [-0.39, 0.29) is 0 Å². The second-order valence-corrected chi connectivity index (χ2v) is 9.80. The molecular formula is C30H29NO. The van der Waals surface area contributed by atoms with Crippen molar-refractivity contribution >= 4 is 5.69 Å². The summed E-state index contributed by atoms with van der Waals surface area (Å²) in [6.07, 6.45) is 17.3. The first-order valence-electron chi connectivity index (χ1n) is 12.3. The summed E-state index contributed by atoms with van der Waals surface area (Å²) in [7, 11) is 0. The molecule has 0 bridgehead atoms. The van der Waals surface area contributed by atoms with Gasteiger partial charge < -0.3 is 9.64 Å². The third-order valence-corrected chi connectivity index (χ3v) is 8.08. The Balaban J connectivity index is 1.27. The summed E-state index contributed by atoms with van der Waals surface area (Å²) in [5, 5.41) is 0. The minimum Gasteiger partial charge on any atom is -0.493 e.